The maximum atomic E-state index is 4.27. The van der Waals surface area contributed by atoms with Gasteiger partial charge in [-0.3, -0.25) is 0 Å². The van der Waals surface area contributed by atoms with Crippen molar-refractivity contribution in [3.05, 3.63) is 42.2 Å². The average molecular weight is 215 g/mol. The number of nitrogens with one attached hydrogen (secondary N) is 1. The van der Waals surface area contributed by atoms with Gasteiger partial charge in [-0.2, -0.15) is 5.10 Å². The molecule has 2 rings (SSSR count). The van der Waals surface area contributed by atoms with Crippen LogP contribution in [0.1, 0.15) is 19.4 Å². The minimum Gasteiger partial charge on any atom is -0.383 e. The van der Waals surface area contributed by atoms with Crippen LogP contribution in [0.15, 0.2) is 36.7 Å². The molecule has 1 aromatic carbocycles. The first kappa shape index (κ1) is 10.7. The van der Waals surface area contributed by atoms with Gasteiger partial charge in [0.1, 0.15) is 0 Å². The maximum absolute atomic E-state index is 4.27. The third kappa shape index (κ3) is 2.42. The summed E-state index contributed by atoms with van der Waals surface area (Å²) in [7, 11) is 0. The minimum absolute atomic E-state index is 0.456. The van der Waals surface area contributed by atoms with Gasteiger partial charge in [0, 0.05) is 17.9 Å². The second kappa shape index (κ2) is 4.39. The van der Waals surface area contributed by atoms with E-state index >= 15 is 0 Å². The van der Waals surface area contributed by atoms with E-state index < -0.39 is 0 Å². The van der Waals surface area contributed by atoms with Crippen LogP contribution in [0.4, 0.5) is 5.69 Å². The van der Waals surface area contributed by atoms with Gasteiger partial charge in [0.2, 0.25) is 0 Å². The highest BCUT2D eigenvalue weighted by Crippen LogP contribution is 2.13. The van der Waals surface area contributed by atoms with Crippen LogP contribution in [0.5, 0.6) is 0 Å². The number of aromatic nitrogens is 2. The Morgan fingerprint density at radius 3 is 2.38 bits per heavy atom. The van der Waals surface area contributed by atoms with E-state index in [1.807, 2.05) is 24.0 Å². The second-order valence-electron chi connectivity index (χ2n) is 4.31. The van der Waals surface area contributed by atoms with Crippen LogP contribution in [0.25, 0.3) is 5.69 Å². The van der Waals surface area contributed by atoms with Crippen molar-refractivity contribution in [2.45, 2.75) is 26.8 Å². The summed E-state index contributed by atoms with van der Waals surface area (Å²) in [6, 6.07) is 8.74. The van der Waals surface area contributed by atoms with Gasteiger partial charge in [-0.25, -0.2) is 4.68 Å². The number of rotatable bonds is 3. The Labute approximate surface area is 96.1 Å². The Kier molecular flexibility index (Phi) is 2.95. The van der Waals surface area contributed by atoms with Gasteiger partial charge in [0.15, 0.2) is 0 Å². The molecule has 0 atom stereocenters. The van der Waals surface area contributed by atoms with Crippen LogP contribution in [-0.4, -0.2) is 15.8 Å². The topological polar surface area (TPSA) is 29.9 Å². The van der Waals surface area contributed by atoms with Gasteiger partial charge in [-0.15, -0.1) is 0 Å². The number of aryl methyl sites for hydroxylation is 1. The zero-order valence-electron chi connectivity index (χ0n) is 9.94. The lowest BCUT2D eigenvalue weighted by Gasteiger charge is -2.10. The van der Waals surface area contributed by atoms with E-state index in [0.717, 1.165) is 11.4 Å². The van der Waals surface area contributed by atoms with Gasteiger partial charge in [-0.05, 0) is 50.6 Å². The van der Waals surface area contributed by atoms with Crippen LogP contribution >= 0.6 is 0 Å². The molecule has 0 fully saturated rings. The summed E-state index contributed by atoms with van der Waals surface area (Å²) in [6.45, 7) is 6.30. The molecule has 2 aromatic rings. The summed E-state index contributed by atoms with van der Waals surface area (Å²) in [5.74, 6) is 0. The number of anilines is 1. The largest absolute Gasteiger partial charge is 0.383 e. The molecule has 1 heterocycles. The molecule has 0 bridgehead atoms. The zero-order valence-corrected chi connectivity index (χ0v) is 9.94. The Morgan fingerprint density at radius 2 is 1.88 bits per heavy atom. The lowest BCUT2D eigenvalue weighted by Crippen LogP contribution is -2.09. The van der Waals surface area contributed by atoms with Crippen molar-refractivity contribution in [1.29, 1.82) is 0 Å². The first-order valence-electron chi connectivity index (χ1n) is 5.53. The fourth-order valence-electron chi connectivity index (χ4n) is 1.60. The molecule has 0 saturated carbocycles. The molecule has 0 aliphatic heterocycles. The average Bonchev–Trinajstić information content (AvgIpc) is 2.65. The van der Waals surface area contributed by atoms with E-state index in [-0.39, 0.29) is 0 Å². The first-order valence-corrected chi connectivity index (χ1v) is 5.53. The highest BCUT2D eigenvalue weighted by Gasteiger charge is 1.99. The molecule has 3 nitrogen and oxygen atoms in total. The molecular weight excluding hydrogens is 198 g/mol. The summed E-state index contributed by atoms with van der Waals surface area (Å²) in [4.78, 5) is 0. The van der Waals surface area contributed by atoms with Crippen molar-refractivity contribution < 1.29 is 0 Å². The van der Waals surface area contributed by atoms with Crippen molar-refractivity contribution in [2.24, 2.45) is 0 Å². The van der Waals surface area contributed by atoms with Crippen LogP contribution in [0.3, 0.4) is 0 Å². The smallest absolute Gasteiger partial charge is 0.0647 e. The Balaban J connectivity index is 2.19. The molecule has 16 heavy (non-hydrogen) atoms. The lowest BCUT2D eigenvalue weighted by atomic mass is 10.2. The molecule has 0 aliphatic carbocycles. The van der Waals surface area contributed by atoms with E-state index in [4.69, 9.17) is 0 Å². The Morgan fingerprint density at radius 1 is 1.19 bits per heavy atom. The molecule has 0 saturated heterocycles. The van der Waals surface area contributed by atoms with E-state index in [1.165, 1.54) is 5.56 Å². The number of nitrogens with zero attached hydrogens (tertiary/aromatic N) is 2. The van der Waals surface area contributed by atoms with Crippen molar-refractivity contribution in [2.75, 3.05) is 5.32 Å². The first-order chi connectivity index (χ1) is 7.65. The molecule has 0 radical (unpaired) electrons. The van der Waals surface area contributed by atoms with Crippen LogP contribution < -0.4 is 5.32 Å². The Hall–Kier alpha value is -1.77. The van der Waals surface area contributed by atoms with Gasteiger partial charge < -0.3 is 5.32 Å². The van der Waals surface area contributed by atoms with E-state index in [1.54, 1.807) is 0 Å². The van der Waals surface area contributed by atoms with Crippen LogP contribution in [0.2, 0.25) is 0 Å². The van der Waals surface area contributed by atoms with Gasteiger partial charge in [0.25, 0.3) is 0 Å². The lowest BCUT2D eigenvalue weighted by molar-refractivity contribution is 0.877. The summed E-state index contributed by atoms with van der Waals surface area (Å²) in [5.41, 5.74) is 3.40. The van der Waals surface area contributed by atoms with Crippen molar-refractivity contribution >= 4 is 5.69 Å². The third-order valence-electron chi connectivity index (χ3n) is 2.30. The molecule has 0 spiro atoms. The fraction of sp³-hybridized carbons (Fsp3) is 0.308. The van der Waals surface area contributed by atoms with Crippen LogP contribution in [0, 0.1) is 6.92 Å². The third-order valence-corrected chi connectivity index (χ3v) is 2.30. The Bertz CT molecular complexity index is 454. The highest BCUT2D eigenvalue weighted by molar-refractivity contribution is 5.48. The van der Waals surface area contributed by atoms with Gasteiger partial charge in [-0.1, -0.05) is 0 Å². The van der Waals surface area contributed by atoms with E-state index in [2.05, 4.69) is 48.5 Å². The summed E-state index contributed by atoms with van der Waals surface area (Å²) >= 11 is 0. The zero-order chi connectivity index (χ0) is 11.5. The second-order valence-corrected chi connectivity index (χ2v) is 4.31. The summed E-state index contributed by atoms with van der Waals surface area (Å²) in [5, 5.41) is 7.63. The fourth-order valence-corrected chi connectivity index (χ4v) is 1.60. The molecule has 1 aromatic heterocycles. The molecular formula is C13H17N3. The van der Waals surface area contributed by atoms with Gasteiger partial charge in [0.05, 0.1) is 11.9 Å². The van der Waals surface area contributed by atoms with Crippen molar-refractivity contribution in [3.63, 3.8) is 0 Å². The predicted molar refractivity (Wildman–Crippen MR) is 67.1 cm³/mol. The predicted octanol–water partition coefficient (Wildman–Crippen LogP) is 3.00. The number of benzene rings is 1. The minimum atomic E-state index is 0.456. The molecule has 0 amide bonds. The SMILES string of the molecule is Cc1cnn(-c2ccc(NC(C)C)cc2)c1. The molecule has 0 aliphatic rings. The molecule has 3 heteroatoms. The van der Waals surface area contributed by atoms with Gasteiger partial charge >= 0.3 is 0 Å². The van der Waals surface area contributed by atoms with Crippen molar-refractivity contribution in [1.82, 2.24) is 9.78 Å². The van der Waals surface area contributed by atoms with Crippen molar-refractivity contribution in [3.8, 4) is 5.69 Å². The monoisotopic (exact) mass is 215 g/mol. The van der Waals surface area contributed by atoms with E-state index in [9.17, 15) is 0 Å². The standard InChI is InChI=1S/C13H17N3/c1-10(2)15-12-4-6-13(7-5-12)16-9-11(3)8-14-16/h4-10,15H,1-3H3. The highest BCUT2D eigenvalue weighted by atomic mass is 15.3. The number of hydrogen-bond acceptors (Lipinski definition) is 2. The number of hydrogen-bond donors (Lipinski definition) is 1. The normalized spacial score (nSPS) is 10.8. The quantitative estimate of drug-likeness (QED) is 0.853. The maximum Gasteiger partial charge on any atom is 0.0647 e. The summed E-state index contributed by atoms with van der Waals surface area (Å²) in [6.07, 6.45) is 3.88. The van der Waals surface area contributed by atoms with E-state index in [0.29, 0.717) is 6.04 Å². The summed E-state index contributed by atoms with van der Waals surface area (Å²) < 4.78 is 1.88. The molecule has 1 N–H and O–H groups in total. The molecule has 0 unspecified atom stereocenters. The molecule has 84 valence electrons. The van der Waals surface area contributed by atoms with Crippen LogP contribution in [-0.2, 0) is 0 Å².